The first kappa shape index (κ1) is 18.9. The predicted molar refractivity (Wildman–Crippen MR) is 72.8 cm³/mol. The van der Waals surface area contributed by atoms with E-state index in [1.165, 1.54) is 6.92 Å². The zero-order valence-electron chi connectivity index (χ0n) is 13.6. The summed E-state index contributed by atoms with van der Waals surface area (Å²) in [6.07, 6.45) is -5.51. The molecule has 0 spiro atoms. The lowest BCUT2D eigenvalue weighted by Gasteiger charge is -2.42. The predicted octanol–water partition coefficient (Wildman–Crippen LogP) is 0.0894. The number of carbonyl (C=O) groups is 4. The van der Waals surface area contributed by atoms with Gasteiger partial charge in [0.15, 0.2) is 12.2 Å². The largest absolute Gasteiger partial charge is 0.456 e. The van der Waals surface area contributed by atoms with E-state index in [0.29, 0.717) is 0 Å². The standard InChI is InChI=1S/C14H20O9/c1-6-11(20-7(2)15)12(21-8(3)16)13(22-9(4)17)14(19-6)23-10(5)18/h6,11-14H,1-5H3/t6?,11-,12?,13-,14-/m0/s1. The van der Waals surface area contributed by atoms with Gasteiger partial charge in [0, 0.05) is 27.7 Å². The second kappa shape index (κ2) is 7.91. The van der Waals surface area contributed by atoms with Gasteiger partial charge in [-0.2, -0.15) is 0 Å². The van der Waals surface area contributed by atoms with E-state index >= 15 is 0 Å². The molecule has 0 aliphatic carbocycles. The molecule has 9 heteroatoms. The monoisotopic (exact) mass is 332 g/mol. The average molecular weight is 332 g/mol. The highest BCUT2D eigenvalue weighted by molar-refractivity contribution is 5.69. The van der Waals surface area contributed by atoms with E-state index in [2.05, 4.69) is 0 Å². The summed E-state index contributed by atoms with van der Waals surface area (Å²) in [6.45, 7) is 6.16. The van der Waals surface area contributed by atoms with Gasteiger partial charge >= 0.3 is 23.9 Å². The van der Waals surface area contributed by atoms with Crippen molar-refractivity contribution in [1.29, 1.82) is 0 Å². The number of esters is 4. The number of rotatable bonds is 4. The lowest BCUT2D eigenvalue weighted by molar-refractivity contribution is -0.292. The molecule has 0 aromatic rings. The second-order valence-electron chi connectivity index (χ2n) is 5.04. The molecule has 5 atom stereocenters. The van der Waals surface area contributed by atoms with Crippen molar-refractivity contribution in [2.45, 2.75) is 65.3 Å². The summed E-state index contributed by atoms with van der Waals surface area (Å²) in [5.41, 5.74) is 0. The normalized spacial score (nSPS) is 30.0. The van der Waals surface area contributed by atoms with Crippen molar-refractivity contribution >= 4 is 23.9 Å². The Morgan fingerprint density at radius 3 is 1.48 bits per heavy atom. The van der Waals surface area contributed by atoms with Gasteiger partial charge < -0.3 is 23.7 Å². The van der Waals surface area contributed by atoms with E-state index in [-0.39, 0.29) is 0 Å². The first-order chi connectivity index (χ1) is 10.6. The van der Waals surface area contributed by atoms with Crippen molar-refractivity contribution in [2.24, 2.45) is 0 Å². The molecule has 0 bridgehead atoms. The van der Waals surface area contributed by atoms with E-state index in [1.807, 2.05) is 0 Å². The molecule has 1 aliphatic heterocycles. The first-order valence-electron chi connectivity index (χ1n) is 6.96. The van der Waals surface area contributed by atoms with Gasteiger partial charge in [-0.25, -0.2) is 0 Å². The molecule has 1 fully saturated rings. The van der Waals surface area contributed by atoms with Gasteiger partial charge in [0.1, 0.15) is 0 Å². The Kier molecular flexibility index (Phi) is 6.49. The van der Waals surface area contributed by atoms with Gasteiger partial charge in [-0.15, -0.1) is 0 Å². The molecule has 0 radical (unpaired) electrons. The highest BCUT2D eigenvalue weighted by Gasteiger charge is 2.51. The average Bonchev–Trinajstić information content (AvgIpc) is 2.36. The molecule has 2 unspecified atom stereocenters. The lowest BCUT2D eigenvalue weighted by Crippen LogP contribution is -2.61. The fraction of sp³-hybridized carbons (Fsp3) is 0.714. The van der Waals surface area contributed by atoms with Gasteiger partial charge in [0.05, 0.1) is 6.10 Å². The van der Waals surface area contributed by atoms with Crippen LogP contribution in [0.2, 0.25) is 0 Å². The van der Waals surface area contributed by atoms with E-state index < -0.39 is 54.6 Å². The number of carbonyl (C=O) groups excluding carboxylic acids is 4. The first-order valence-corrected chi connectivity index (χ1v) is 6.96. The Bertz CT molecular complexity index is 487. The van der Waals surface area contributed by atoms with Crippen molar-refractivity contribution in [3.63, 3.8) is 0 Å². The smallest absolute Gasteiger partial charge is 0.305 e. The highest BCUT2D eigenvalue weighted by Crippen LogP contribution is 2.29. The Balaban J connectivity index is 3.15. The fourth-order valence-corrected chi connectivity index (χ4v) is 2.23. The van der Waals surface area contributed by atoms with E-state index in [9.17, 15) is 19.2 Å². The van der Waals surface area contributed by atoms with Crippen molar-refractivity contribution in [3.05, 3.63) is 0 Å². The molecule has 1 rings (SSSR count). The molecule has 1 heterocycles. The van der Waals surface area contributed by atoms with Crippen molar-refractivity contribution in [1.82, 2.24) is 0 Å². The molecule has 1 aliphatic rings. The summed E-state index contributed by atoms with van der Waals surface area (Å²) in [6, 6.07) is 0. The molecule has 1 saturated heterocycles. The van der Waals surface area contributed by atoms with Gasteiger partial charge in [-0.3, -0.25) is 19.2 Å². The summed E-state index contributed by atoms with van der Waals surface area (Å²) in [5, 5.41) is 0. The van der Waals surface area contributed by atoms with E-state index in [1.54, 1.807) is 6.92 Å². The third-order valence-electron chi connectivity index (χ3n) is 2.92. The van der Waals surface area contributed by atoms with Crippen LogP contribution in [-0.2, 0) is 42.9 Å². The van der Waals surface area contributed by atoms with Crippen molar-refractivity contribution in [3.8, 4) is 0 Å². The maximum atomic E-state index is 11.4. The highest BCUT2D eigenvalue weighted by atomic mass is 16.7. The Hall–Kier alpha value is -2.16. The van der Waals surface area contributed by atoms with Crippen LogP contribution in [0.1, 0.15) is 34.6 Å². The summed E-state index contributed by atoms with van der Waals surface area (Å²) in [7, 11) is 0. The SMILES string of the molecule is CC(=O)OC1[C@@H](OC(C)=O)C(C)O[C@@H](OC(C)=O)[C@H]1OC(C)=O. The molecule has 23 heavy (non-hydrogen) atoms. The van der Waals surface area contributed by atoms with Crippen LogP contribution in [0.3, 0.4) is 0 Å². The van der Waals surface area contributed by atoms with Gasteiger partial charge in [-0.1, -0.05) is 0 Å². The second-order valence-corrected chi connectivity index (χ2v) is 5.04. The van der Waals surface area contributed by atoms with E-state index in [4.69, 9.17) is 23.7 Å². The van der Waals surface area contributed by atoms with Crippen LogP contribution in [0.15, 0.2) is 0 Å². The topological polar surface area (TPSA) is 114 Å². The molecule has 0 aromatic heterocycles. The van der Waals surface area contributed by atoms with E-state index in [0.717, 1.165) is 20.8 Å². The fourth-order valence-electron chi connectivity index (χ4n) is 2.23. The van der Waals surface area contributed by atoms with Crippen LogP contribution >= 0.6 is 0 Å². The van der Waals surface area contributed by atoms with Crippen molar-refractivity contribution < 1.29 is 42.9 Å². The summed E-state index contributed by atoms with van der Waals surface area (Å²) >= 11 is 0. The maximum absolute atomic E-state index is 11.4. The quantitative estimate of drug-likeness (QED) is 0.521. The van der Waals surface area contributed by atoms with Gasteiger partial charge in [0.2, 0.25) is 12.4 Å². The van der Waals surface area contributed by atoms with Gasteiger partial charge in [0.25, 0.3) is 0 Å². The Labute approximate surface area is 133 Å². The minimum Gasteiger partial charge on any atom is -0.456 e. The molecule has 9 nitrogen and oxygen atoms in total. The van der Waals surface area contributed by atoms with Gasteiger partial charge in [-0.05, 0) is 6.92 Å². The molecule has 0 saturated carbocycles. The van der Waals surface area contributed by atoms with Crippen LogP contribution < -0.4 is 0 Å². The zero-order valence-corrected chi connectivity index (χ0v) is 13.6. The Morgan fingerprint density at radius 2 is 1.04 bits per heavy atom. The Morgan fingerprint density at radius 1 is 0.652 bits per heavy atom. The summed E-state index contributed by atoms with van der Waals surface area (Å²) < 4.78 is 25.7. The number of ether oxygens (including phenoxy) is 5. The molecule has 130 valence electrons. The zero-order chi connectivity index (χ0) is 17.7. The van der Waals surface area contributed by atoms with Crippen LogP contribution in [0.25, 0.3) is 0 Å². The molecular formula is C14H20O9. The van der Waals surface area contributed by atoms with Crippen LogP contribution in [0, 0.1) is 0 Å². The molecule has 0 aromatic carbocycles. The molecular weight excluding hydrogens is 312 g/mol. The van der Waals surface area contributed by atoms with Crippen LogP contribution in [0.5, 0.6) is 0 Å². The maximum Gasteiger partial charge on any atom is 0.305 e. The summed E-state index contributed by atoms with van der Waals surface area (Å²) in [4.78, 5) is 45.1. The third-order valence-corrected chi connectivity index (χ3v) is 2.92. The minimum absolute atomic E-state index is 0.630. The minimum atomic E-state index is -1.29. The molecule has 0 N–H and O–H groups in total. The van der Waals surface area contributed by atoms with Crippen LogP contribution in [-0.4, -0.2) is 54.6 Å². The third kappa shape index (κ3) is 5.51. The van der Waals surface area contributed by atoms with Crippen molar-refractivity contribution in [2.75, 3.05) is 0 Å². The lowest BCUT2D eigenvalue weighted by atomic mass is 9.99. The number of hydrogen-bond acceptors (Lipinski definition) is 9. The summed E-state index contributed by atoms with van der Waals surface area (Å²) in [5.74, 6) is -2.69. The number of hydrogen-bond donors (Lipinski definition) is 0. The molecule has 0 amide bonds. The van der Waals surface area contributed by atoms with Crippen LogP contribution in [0.4, 0.5) is 0 Å².